The van der Waals surface area contributed by atoms with Gasteiger partial charge < -0.3 is 24.9 Å². The quantitative estimate of drug-likeness (QED) is 0.311. The van der Waals surface area contributed by atoms with Crippen molar-refractivity contribution in [1.82, 2.24) is 19.9 Å². The molecule has 0 radical (unpaired) electrons. The van der Waals surface area contributed by atoms with Crippen LogP contribution in [0.5, 0.6) is 0 Å². The highest BCUT2D eigenvalue weighted by Gasteiger charge is 2.23. The number of morpholine rings is 1. The molecule has 10 heteroatoms. The van der Waals surface area contributed by atoms with Gasteiger partial charge in [0.15, 0.2) is 5.82 Å². The van der Waals surface area contributed by atoms with Crippen LogP contribution >= 0.6 is 13.5 Å². The molecule has 1 atom stereocenters. The average molecular weight is 519 g/mol. The van der Waals surface area contributed by atoms with Gasteiger partial charge in [0, 0.05) is 24.7 Å². The predicted octanol–water partition coefficient (Wildman–Crippen LogP) is 4.73. The number of para-hydroxylation sites is 1. The van der Waals surface area contributed by atoms with Crippen LogP contribution in [-0.2, 0) is 4.74 Å². The molecule has 1 fully saturated rings. The minimum atomic E-state index is -0.412. The predicted molar refractivity (Wildman–Crippen MR) is 149 cm³/mol. The van der Waals surface area contributed by atoms with E-state index < -0.39 is 5.82 Å². The first-order chi connectivity index (χ1) is 17.6. The number of pyridine rings is 2. The normalized spacial score (nSPS) is 14.5. The van der Waals surface area contributed by atoms with Crippen LogP contribution in [0.25, 0.3) is 33.3 Å². The highest BCUT2D eigenvalue weighted by Crippen LogP contribution is 2.34. The van der Waals surface area contributed by atoms with Crippen LogP contribution in [0.2, 0.25) is 0 Å². The third-order valence-corrected chi connectivity index (χ3v) is 6.57. The monoisotopic (exact) mass is 518 g/mol. The fourth-order valence-corrected chi connectivity index (χ4v) is 4.74. The summed E-state index contributed by atoms with van der Waals surface area (Å²) in [5.41, 5.74) is 3.34. The zero-order valence-corrected chi connectivity index (χ0v) is 21.2. The van der Waals surface area contributed by atoms with Gasteiger partial charge in [0.1, 0.15) is 16.9 Å². The Kier molecular flexibility index (Phi) is 6.86. The van der Waals surface area contributed by atoms with Gasteiger partial charge in [-0.2, -0.15) is 13.5 Å². The Morgan fingerprint density at radius 2 is 1.81 bits per heavy atom. The molecule has 0 aliphatic carbocycles. The van der Waals surface area contributed by atoms with Crippen LogP contribution < -0.4 is 15.8 Å². The Morgan fingerprint density at radius 3 is 2.59 bits per heavy atom. The van der Waals surface area contributed by atoms with Crippen molar-refractivity contribution < 1.29 is 9.13 Å². The summed E-state index contributed by atoms with van der Waals surface area (Å²) in [6.07, 6.45) is 1.73. The first-order valence-electron chi connectivity index (χ1n) is 11.9. The van der Waals surface area contributed by atoms with Crippen LogP contribution in [0.4, 0.5) is 15.8 Å². The van der Waals surface area contributed by atoms with Gasteiger partial charge in [-0.1, -0.05) is 24.3 Å². The van der Waals surface area contributed by atoms with Gasteiger partial charge in [-0.05, 0) is 37.3 Å². The Balaban J connectivity index is 0.00000280. The molecule has 1 saturated heterocycles. The summed E-state index contributed by atoms with van der Waals surface area (Å²) in [7, 11) is 0. The van der Waals surface area contributed by atoms with E-state index in [1.54, 1.807) is 18.3 Å². The number of rotatable bonds is 5. The SMILES string of the molecule is C[C@H](Nc1c(-c2nc3c(F)c(N4CCOCC4)ccc3[nH]2)c(=O)[nH]c2ccccc12)c1ccccn1.S. The number of hydrogen-bond acceptors (Lipinski definition) is 6. The molecule has 5 aromatic rings. The summed E-state index contributed by atoms with van der Waals surface area (Å²) in [6.45, 7) is 4.32. The maximum absolute atomic E-state index is 15.6. The zero-order chi connectivity index (χ0) is 24.6. The number of aromatic nitrogens is 4. The Hall–Kier alpha value is -3.89. The van der Waals surface area contributed by atoms with Crippen LogP contribution in [0.15, 0.2) is 65.6 Å². The van der Waals surface area contributed by atoms with Crippen molar-refractivity contribution in [3.63, 3.8) is 0 Å². The van der Waals surface area contributed by atoms with Crippen molar-refractivity contribution in [2.45, 2.75) is 13.0 Å². The molecular weight excluding hydrogens is 491 g/mol. The molecule has 6 rings (SSSR count). The van der Waals surface area contributed by atoms with Gasteiger partial charge in [-0.3, -0.25) is 9.78 Å². The summed E-state index contributed by atoms with van der Waals surface area (Å²) in [4.78, 5) is 30.5. The van der Waals surface area contributed by atoms with E-state index >= 15 is 4.39 Å². The minimum Gasteiger partial charge on any atom is -0.378 e. The molecule has 3 N–H and O–H groups in total. The molecule has 0 bridgehead atoms. The molecule has 2 aromatic carbocycles. The smallest absolute Gasteiger partial charge is 0.261 e. The number of benzene rings is 2. The van der Waals surface area contributed by atoms with Crippen LogP contribution in [-0.4, -0.2) is 46.2 Å². The van der Waals surface area contributed by atoms with Crippen LogP contribution in [0, 0.1) is 5.82 Å². The molecule has 0 amide bonds. The third kappa shape index (κ3) is 4.54. The van der Waals surface area contributed by atoms with E-state index in [0.717, 1.165) is 11.1 Å². The van der Waals surface area contributed by atoms with Gasteiger partial charge in [-0.25, -0.2) is 9.37 Å². The van der Waals surface area contributed by atoms with Crippen molar-refractivity contribution in [1.29, 1.82) is 0 Å². The van der Waals surface area contributed by atoms with Crippen LogP contribution in [0.1, 0.15) is 18.7 Å². The molecule has 4 heterocycles. The lowest BCUT2D eigenvalue weighted by atomic mass is 10.1. The van der Waals surface area contributed by atoms with Gasteiger partial charge in [-0.15, -0.1) is 0 Å². The lowest BCUT2D eigenvalue weighted by molar-refractivity contribution is 0.122. The molecule has 37 heavy (non-hydrogen) atoms. The molecule has 3 aromatic heterocycles. The molecule has 0 saturated carbocycles. The maximum atomic E-state index is 15.6. The molecule has 1 aliphatic heterocycles. The van der Waals surface area contributed by atoms with Crippen molar-refractivity contribution in [3.05, 3.63) is 82.7 Å². The zero-order valence-electron chi connectivity index (χ0n) is 20.2. The number of ether oxygens (including phenoxy) is 1. The maximum Gasteiger partial charge on any atom is 0.261 e. The number of hydrogen-bond donors (Lipinski definition) is 3. The van der Waals surface area contributed by atoms with Crippen LogP contribution in [0.3, 0.4) is 0 Å². The molecule has 0 spiro atoms. The fraction of sp³-hybridized carbons (Fsp3) is 0.222. The minimum absolute atomic E-state index is 0. The number of halogens is 1. The third-order valence-electron chi connectivity index (χ3n) is 6.57. The highest BCUT2D eigenvalue weighted by molar-refractivity contribution is 7.59. The standard InChI is InChI=1S/C27H25FN6O2.H2S/c1-16(18-7-4-5-11-29-18)30-24-17-6-2-3-8-19(17)32-27(35)22(24)26-31-20-9-10-21(23(28)25(20)33-26)34-12-14-36-15-13-34;/h2-11,16H,12-15H2,1H3,(H,31,33)(H2,30,32,35);1H2/t16-;/m0./s1. The number of fused-ring (bicyclic) bond motifs is 2. The Labute approximate surface area is 219 Å². The summed E-state index contributed by atoms with van der Waals surface area (Å²) in [6, 6.07) is 16.6. The van der Waals surface area contributed by atoms with E-state index in [-0.39, 0.29) is 30.6 Å². The Bertz CT molecular complexity index is 1610. The highest BCUT2D eigenvalue weighted by atomic mass is 32.1. The number of aromatic amines is 2. The van der Waals surface area contributed by atoms with Gasteiger partial charge in [0.05, 0.1) is 47.4 Å². The number of nitrogens with one attached hydrogen (secondary N) is 3. The van der Waals surface area contributed by atoms with E-state index in [2.05, 4.69) is 25.3 Å². The second-order valence-corrected chi connectivity index (χ2v) is 8.85. The molecule has 190 valence electrons. The van der Waals surface area contributed by atoms with E-state index in [1.165, 1.54) is 0 Å². The average Bonchev–Trinajstić information content (AvgIpc) is 3.34. The number of imidazole rings is 1. The molecule has 0 unspecified atom stereocenters. The van der Waals surface area contributed by atoms with E-state index in [0.29, 0.717) is 60.1 Å². The van der Waals surface area contributed by atoms with E-state index in [9.17, 15) is 4.79 Å². The topological polar surface area (TPSA) is 98.9 Å². The largest absolute Gasteiger partial charge is 0.378 e. The Morgan fingerprint density at radius 1 is 1.03 bits per heavy atom. The number of nitrogens with zero attached hydrogens (tertiary/aromatic N) is 3. The fourth-order valence-electron chi connectivity index (χ4n) is 4.74. The van der Waals surface area contributed by atoms with Gasteiger partial charge >= 0.3 is 0 Å². The summed E-state index contributed by atoms with van der Waals surface area (Å²) in [5.74, 6) is -0.115. The molecular formula is C27H27FN6O2S. The van der Waals surface area contributed by atoms with Crippen molar-refractivity contribution in [3.8, 4) is 11.4 Å². The summed E-state index contributed by atoms with van der Waals surface area (Å²) in [5, 5.41) is 4.30. The molecule has 1 aliphatic rings. The van der Waals surface area contributed by atoms with Gasteiger partial charge in [0.2, 0.25) is 0 Å². The summed E-state index contributed by atoms with van der Waals surface area (Å²) < 4.78 is 21.0. The summed E-state index contributed by atoms with van der Waals surface area (Å²) >= 11 is 0. The van der Waals surface area contributed by atoms with Crippen molar-refractivity contribution >= 4 is 46.8 Å². The van der Waals surface area contributed by atoms with Gasteiger partial charge in [0.25, 0.3) is 5.56 Å². The second kappa shape index (κ2) is 10.2. The van der Waals surface area contributed by atoms with E-state index in [1.807, 2.05) is 54.3 Å². The molecule has 8 nitrogen and oxygen atoms in total. The lowest BCUT2D eigenvalue weighted by Gasteiger charge is -2.29. The first-order valence-corrected chi connectivity index (χ1v) is 11.9. The number of anilines is 2. The lowest BCUT2D eigenvalue weighted by Crippen LogP contribution is -2.36. The first kappa shape index (κ1) is 24.8. The van der Waals surface area contributed by atoms with Crippen molar-refractivity contribution in [2.75, 3.05) is 36.5 Å². The number of H-pyrrole nitrogens is 2. The van der Waals surface area contributed by atoms with E-state index in [4.69, 9.17) is 4.74 Å². The second-order valence-electron chi connectivity index (χ2n) is 8.85. The van der Waals surface area contributed by atoms with Crippen molar-refractivity contribution in [2.24, 2.45) is 0 Å².